The van der Waals surface area contributed by atoms with Crippen LogP contribution in [-0.4, -0.2) is 30.5 Å². The molecule has 104 valence electrons. The fourth-order valence-corrected chi connectivity index (χ4v) is 3.86. The minimum absolute atomic E-state index is 0.175. The Bertz CT molecular complexity index is 646. The first-order valence-corrected chi connectivity index (χ1v) is 7.51. The van der Waals surface area contributed by atoms with E-state index >= 15 is 0 Å². The van der Waals surface area contributed by atoms with Gasteiger partial charge in [0.1, 0.15) is 11.6 Å². The molecule has 0 aliphatic carbocycles. The van der Waals surface area contributed by atoms with Crippen molar-refractivity contribution in [2.45, 2.75) is 12.5 Å². The van der Waals surface area contributed by atoms with Gasteiger partial charge in [0.2, 0.25) is 10.0 Å². The molecule has 0 spiro atoms. The predicted molar refractivity (Wildman–Crippen MR) is 74.8 cm³/mol. The van der Waals surface area contributed by atoms with Crippen LogP contribution in [-0.2, 0) is 15.6 Å². The van der Waals surface area contributed by atoms with Crippen molar-refractivity contribution in [1.29, 1.82) is 0 Å². The zero-order valence-electron chi connectivity index (χ0n) is 10.6. The van der Waals surface area contributed by atoms with E-state index in [9.17, 15) is 8.42 Å². The molecule has 1 aromatic heterocycles. The smallest absolute Gasteiger partial charge is 0.238 e. The van der Waals surface area contributed by atoms with E-state index < -0.39 is 15.6 Å². The van der Waals surface area contributed by atoms with Crippen LogP contribution < -0.4 is 11.1 Å². The molecule has 2 rings (SSSR count). The first-order chi connectivity index (χ1) is 8.66. The van der Waals surface area contributed by atoms with Crippen LogP contribution in [0.2, 0.25) is 5.02 Å². The van der Waals surface area contributed by atoms with Crippen molar-refractivity contribution in [3.8, 4) is 0 Å². The van der Waals surface area contributed by atoms with E-state index in [-0.39, 0.29) is 17.4 Å². The lowest BCUT2D eigenvalue weighted by Crippen LogP contribution is -2.56. The summed E-state index contributed by atoms with van der Waals surface area (Å²) >= 11 is 6.10. The van der Waals surface area contributed by atoms with Crippen molar-refractivity contribution >= 4 is 27.4 Å². The summed E-state index contributed by atoms with van der Waals surface area (Å²) in [4.78, 5) is 4.15. The SMILES string of the molecule is C=C1N[C@](C)(c2nc(N)ccc2Cl)CS(=O)(=O)N1C. The van der Waals surface area contributed by atoms with E-state index in [0.29, 0.717) is 10.7 Å². The zero-order valence-corrected chi connectivity index (χ0v) is 12.2. The number of hydrogen-bond donors (Lipinski definition) is 2. The maximum Gasteiger partial charge on any atom is 0.238 e. The second-order valence-electron chi connectivity index (χ2n) is 4.69. The number of nitrogen functional groups attached to an aromatic ring is 1. The molecular formula is C11H15ClN4O2S. The molecule has 1 aliphatic heterocycles. The average Bonchev–Trinajstić information content (AvgIpc) is 2.28. The number of anilines is 1. The summed E-state index contributed by atoms with van der Waals surface area (Å²) in [5.74, 6) is 0.379. The first-order valence-electron chi connectivity index (χ1n) is 5.52. The Morgan fingerprint density at radius 2 is 2.21 bits per heavy atom. The maximum absolute atomic E-state index is 12.1. The van der Waals surface area contributed by atoms with Gasteiger partial charge in [-0.05, 0) is 19.1 Å². The van der Waals surface area contributed by atoms with Gasteiger partial charge in [-0.3, -0.25) is 4.31 Å². The quantitative estimate of drug-likeness (QED) is 0.803. The van der Waals surface area contributed by atoms with E-state index in [1.165, 1.54) is 7.05 Å². The molecule has 0 radical (unpaired) electrons. The Labute approximate surface area is 117 Å². The van der Waals surface area contributed by atoms with Gasteiger partial charge in [-0.25, -0.2) is 13.4 Å². The summed E-state index contributed by atoms with van der Waals surface area (Å²) in [7, 11) is -2.02. The number of rotatable bonds is 1. The van der Waals surface area contributed by atoms with Crippen LogP contribution in [0.4, 0.5) is 5.82 Å². The highest BCUT2D eigenvalue weighted by atomic mass is 35.5. The second-order valence-corrected chi connectivity index (χ2v) is 7.10. The largest absolute Gasteiger partial charge is 0.384 e. The summed E-state index contributed by atoms with van der Waals surface area (Å²) in [6.45, 7) is 5.40. The third kappa shape index (κ3) is 2.35. The number of pyridine rings is 1. The zero-order chi connectivity index (χ0) is 14.4. The van der Waals surface area contributed by atoms with Crippen LogP contribution in [0.25, 0.3) is 0 Å². The monoisotopic (exact) mass is 302 g/mol. The van der Waals surface area contributed by atoms with Crippen molar-refractivity contribution in [2.24, 2.45) is 0 Å². The van der Waals surface area contributed by atoms with E-state index in [1.54, 1.807) is 19.1 Å². The Morgan fingerprint density at radius 1 is 1.58 bits per heavy atom. The fourth-order valence-electron chi connectivity index (χ4n) is 2.03. The molecule has 0 amide bonds. The Kier molecular flexibility index (Phi) is 3.14. The van der Waals surface area contributed by atoms with Gasteiger partial charge in [-0.2, -0.15) is 0 Å². The Morgan fingerprint density at radius 3 is 2.79 bits per heavy atom. The lowest BCUT2D eigenvalue weighted by molar-refractivity contribution is 0.351. The number of halogens is 1. The molecule has 1 fully saturated rings. The number of hydrogen-bond acceptors (Lipinski definition) is 5. The number of sulfonamides is 1. The molecule has 1 aromatic rings. The molecule has 19 heavy (non-hydrogen) atoms. The van der Waals surface area contributed by atoms with Crippen LogP contribution in [0, 0.1) is 0 Å². The summed E-state index contributed by atoms with van der Waals surface area (Å²) in [5, 5.41) is 3.39. The average molecular weight is 303 g/mol. The Balaban J connectivity index is 2.55. The second kappa shape index (κ2) is 4.28. The van der Waals surface area contributed by atoms with Gasteiger partial charge in [-0.15, -0.1) is 0 Å². The summed E-state index contributed by atoms with van der Waals surface area (Å²) in [5.41, 5.74) is 5.07. The van der Waals surface area contributed by atoms with Gasteiger partial charge in [-0.1, -0.05) is 18.2 Å². The molecule has 2 heterocycles. The van der Waals surface area contributed by atoms with Crippen molar-refractivity contribution in [3.05, 3.63) is 35.2 Å². The molecule has 0 bridgehead atoms. The third-order valence-electron chi connectivity index (χ3n) is 3.08. The molecule has 0 aromatic carbocycles. The molecule has 1 atom stereocenters. The van der Waals surface area contributed by atoms with Crippen molar-refractivity contribution < 1.29 is 8.42 Å². The van der Waals surface area contributed by atoms with Crippen LogP contribution in [0.3, 0.4) is 0 Å². The highest BCUT2D eigenvalue weighted by Crippen LogP contribution is 2.33. The fraction of sp³-hybridized carbons (Fsp3) is 0.364. The van der Waals surface area contributed by atoms with Crippen LogP contribution >= 0.6 is 11.6 Å². The van der Waals surface area contributed by atoms with Crippen molar-refractivity contribution in [1.82, 2.24) is 14.6 Å². The number of nitrogens with one attached hydrogen (secondary N) is 1. The molecule has 1 saturated heterocycles. The normalized spacial score (nSPS) is 26.1. The molecule has 0 unspecified atom stereocenters. The summed E-state index contributed by atoms with van der Waals surface area (Å²) in [6.07, 6.45) is 0. The van der Waals surface area contributed by atoms with Gasteiger partial charge < -0.3 is 11.1 Å². The lowest BCUT2D eigenvalue weighted by Gasteiger charge is -2.40. The topological polar surface area (TPSA) is 88.3 Å². The van der Waals surface area contributed by atoms with Gasteiger partial charge in [0.05, 0.1) is 22.0 Å². The van der Waals surface area contributed by atoms with E-state index in [1.807, 2.05) is 0 Å². The van der Waals surface area contributed by atoms with Crippen LogP contribution in [0.15, 0.2) is 24.5 Å². The molecular weight excluding hydrogens is 288 g/mol. The van der Waals surface area contributed by atoms with E-state index in [2.05, 4.69) is 16.9 Å². The highest BCUT2D eigenvalue weighted by Gasteiger charge is 2.43. The van der Waals surface area contributed by atoms with E-state index in [0.717, 1.165) is 4.31 Å². The van der Waals surface area contributed by atoms with Gasteiger partial charge in [0.25, 0.3) is 0 Å². The standard InChI is InChI=1S/C11H15ClN4O2S/c1-7-15-11(2,6-19(17,18)16(7)3)10-8(12)4-5-9(13)14-10/h4-5,15H,1,6H2,2-3H3,(H2,13,14)/t11-/m0/s1. The number of aromatic nitrogens is 1. The molecule has 0 saturated carbocycles. The molecule has 1 aliphatic rings. The lowest BCUT2D eigenvalue weighted by atomic mass is 9.99. The Hall–Kier alpha value is -1.47. The van der Waals surface area contributed by atoms with Crippen molar-refractivity contribution in [2.75, 3.05) is 18.5 Å². The van der Waals surface area contributed by atoms with Crippen LogP contribution in [0.5, 0.6) is 0 Å². The summed E-state index contributed by atoms with van der Waals surface area (Å²) < 4.78 is 25.3. The number of nitrogens with zero attached hydrogens (tertiary/aromatic N) is 2. The molecule has 6 nitrogen and oxygen atoms in total. The van der Waals surface area contributed by atoms with Gasteiger partial charge in [0.15, 0.2) is 0 Å². The molecule has 8 heteroatoms. The summed E-state index contributed by atoms with van der Waals surface area (Å²) in [6, 6.07) is 3.16. The number of nitrogens with two attached hydrogens (primary N) is 1. The van der Waals surface area contributed by atoms with Gasteiger partial charge >= 0.3 is 0 Å². The van der Waals surface area contributed by atoms with Crippen molar-refractivity contribution in [3.63, 3.8) is 0 Å². The van der Waals surface area contributed by atoms with E-state index in [4.69, 9.17) is 17.3 Å². The predicted octanol–water partition coefficient (Wildman–Crippen LogP) is 0.868. The third-order valence-corrected chi connectivity index (χ3v) is 5.38. The highest BCUT2D eigenvalue weighted by molar-refractivity contribution is 7.89. The maximum atomic E-state index is 12.1. The minimum Gasteiger partial charge on any atom is -0.384 e. The minimum atomic E-state index is -3.46. The van der Waals surface area contributed by atoms with Crippen LogP contribution in [0.1, 0.15) is 12.6 Å². The van der Waals surface area contributed by atoms with Gasteiger partial charge in [0, 0.05) is 7.05 Å². The molecule has 3 N–H and O–H groups in total. The first kappa shape index (κ1) is 14.0.